The van der Waals surface area contributed by atoms with E-state index < -0.39 is 0 Å². The average Bonchev–Trinajstić information content (AvgIpc) is 3.26. The number of nitrogens with one attached hydrogen (secondary N) is 1. The molecular weight excluding hydrogens is 332 g/mol. The molecule has 0 bridgehead atoms. The minimum Gasteiger partial charge on any atom is -0.376 e. The normalized spacial score (nSPS) is 25.8. The highest BCUT2D eigenvalue weighted by molar-refractivity contribution is 5.91. The van der Waals surface area contributed by atoms with Crippen molar-refractivity contribution in [3.05, 3.63) is 42.2 Å². The van der Waals surface area contributed by atoms with E-state index in [9.17, 15) is 4.79 Å². The van der Waals surface area contributed by atoms with Crippen LogP contribution in [0, 0.1) is 11.8 Å². The number of likely N-dealkylation sites (tertiary alicyclic amines) is 1. The van der Waals surface area contributed by atoms with Crippen LogP contribution in [0.15, 0.2) is 31.0 Å². The first kappa shape index (κ1) is 17.1. The smallest absolute Gasteiger partial charge is 0.271 e. The van der Waals surface area contributed by atoms with Crippen LogP contribution in [0.2, 0.25) is 0 Å². The van der Waals surface area contributed by atoms with Crippen LogP contribution in [-0.2, 0) is 18.3 Å². The molecule has 0 unspecified atom stereocenters. The Balaban J connectivity index is 1.28. The second kappa shape index (κ2) is 7.51. The van der Waals surface area contributed by atoms with Crippen LogP contribution in [0.3, 0.4) is 0 Å². The second-order valence-electron chi connectivity index (χ2n) is 7.14. The van der Waals surface area contributed by atoms with Crippen LogP contribution in [0.25, 0.3) is 0 Å². The number of hydrogen-bond acceptors (Lipinski definition) is 6. The number of carbonyl (C=O) groups excluding carboxylic acids is 1. The fourth-order valence-electron chi connectivity index (χ4n) is 4.03. The molecule has 0 saturated carbocycles. The Kier molecular flexibility index (Phi) is 4.94. The molecule has 0 aliphatic carbocycles. The van der Waals surface area contributed by atoms with Gasteiger partial charge in [0, 0.05) is 56.8 Å². The maximum Gasteiger partial charge on any atom is 0.271 e. The third-order valence-electron chi connectivity index (χ3n) is 5.30. The lowest BCUT2D eigenvalue weighted by molar-refractivity contribution is 0.0740. The molecule has 8 nitrogen and oxygen atoms in total. The van der Waals surface area contributed by atoms with E-state index in [1.165, 1.54) is 18.0 Å². The van der Waals surface area contributed by atoms with Crippen molar-refractivity contribution in [2.24, 2.45) is 18.9 Å². The lowest BCUT2D eigenvalue weighted by Crippen LogP contribution is -2.43. The average molecular weight is 356 g/mol. The zero-order valence-corrected chi connectivity index (χ0v) is 14.9. The van der Waals surface area contributed by atoms with Gasteiger partial charge in [0.05, 0.1) is 25.1 Å². The van der Waals surface area contributed by atoms with Crippen LogP contribution in [0.5, 0.6) is 0 Å². The van der Waals surface area contributed by atoms with Gasteiger partial charge < -0.3 is 10.1 Å². The predicted molar refractivity (Wildman–Crippen MR) is 94.2 cm³/mol. The summed E-state index contributed by atoms with van der Waals surface area (Å²) >= 11 is 0. The van der Waals surface area contributed by atoms with Gasteiger partial charge in [0.1, 0.15) is 5.69 Å². The number of aromatic nitrogens is 4. The first-order valence-electron chi connectivity index (χ1n) is 9.05. The summed E-state index contributed by atoms with van der Waals surface area (Å²) in [5.74, 6) is 0.834. The first-order chi connectivity index (χ1) is 12.7. The summed E-state index contributed by atoms with van der Waals surface area (Å²) in [6.45, 7) is 4.31. The fourth-order valence-corrected chi connectivity index (χ4v) is 4.03. The molecule has 0 radical (unpaired) electrons. The lowest BCUT2D eigenvalue weighted by Gasteiger charge is -2.35. The Morgan fingerprint density at radius 1 is 1.38 bits per heavy atom. The molecule has 1 amide bonds. The Morgan fingerprint density at radius 3 is 3.08 bits per heavy atom. The standard InChI is InChI=1S/C18H24N6O2/c1-23-9-13(6-22-23)10-24-5-2-15-14(11-24)12-26-17(15)8-21-18(25)16-7-19-3-4-20-16/h3-4,6-7,9,14-15,17H,2,5,8,10-12H2,1H3,(H,21,25)/t14-,15-,17+/m0/s1. The number of fused-ring (bicyclic) bond motifs is 1. The summed E-state index contributed by atoms with van der Waals surface area (Å²) in [6.07, 6.45) is 9.74. The number of piperidine rings is 1. The molecule has 2 fully saturated rings. The number of aryl methyl sites for hydroxylation is 1. The number of amides is 1. The summed E-state index contributed by atoms with van der Waals surface area (Å²) in [7, 11) is 1.94. The zero-order chi connectivity index (χ0) is 17.9. The van der Waals surface area contributed by atoms with Gasteiger partial charge in [-0.05, 0) is 18.9 Å². The number of nitrogens with zero attached hydrogens (tertiary/aromatic N) is 5. The van der Waals surface area contributed by atoms with E-state index >= 15 is 0 Å². The van der Waals surface area contributed by atoms with Crippen LogP contribution < -0.4 is 5.32 Å². The third kappa shape index (κ3) is 3.76. The SMILES string of the molecule is Cn1cc(CN2CC[C@H]3[C@H](CO[C@@H]3CNC(=O)c3cnccn3)C2)cn1. The molecule has 26 heavy (non-hydrogen) atoms. The van der Waals surface area contributed by atoms with Crippen molar-refractivity contribution in [3.8, 4) is 0 Å². The Morgan fingerprint density at radius 2 is 2.31 bits per heavy atom. The summed E-state index contributed by atoms with van der Waals surface area (Å²) in [5.41, 5.74) is 1.59. The van der Waals surface area contributed by atoms with E-state index in [2.05, 4.69) is 31.5 Å². The third-order valence-corrected chi connectivity index (χ3v) is 5.30. The molecule has 2 aliphatic rings. The van der Waals surface area contributed by atoms with Crippen LogP contribution >= 0.6 is 0 Å². The van der Waals surface area contributed by atoms with Gasteiger partial charge in [0.15, 0.2) is 0 Å². The van der Waals surface area contributed by atoms with Crippen molar-refractivity contribution in [3.63, 3.8) is 0 Å². The second-order valence-corrected chi connectivity index (χ2v) is 7.14. The van der Waals surface area contributed by atoms with Crippen molar-refractivity contribution in [1.29, 1.82) is 0 Å². The van der Waals surface area contributed by atoms with E-state index in [1.54, 1.807) is 6.20 Å². The van der Waals surface area contributed by atoms with E-state index in [1.807, 2.05) is 17.9 Å². The minimum atomic E-state index is -0.195. The van der Waals surface area contributed by atoms with E-state index in [0.717, 1.165) is 32.7 Å². The molecule has 0 aromatic carbocycles. The van der Waals surface area contributed by atoms with Crippen molar-refractivity contribution >= 4 is 5.91 Å². The molecule has 0 spiro atoms. The van der Waals surface area contributed by atoms with Crippen LogP contribution in [0.4, 0.5) is 0 Å². The number of hydrogen-bond donors (Lipinski definition) is 1. The predicted octanol–water partition coefficient (Wildman–Crippen LogP) is 0.477. The van der Waals surface area contributed by atoms with Gasteiger partial charge in [-0.3, -0.25) is 19.4 Å². The van der Waals surface area contributed by atoms with Crippen molar-refractivity contribution in [2.45, 2.75) is 19.1 Å². The molecule has 2 aliphatic heterocycles. The van der Waals surface area contributed by atoms with Gasteiger partial charge in [0.25, 0.3) is 5.91 Å². The van der Waals surface area contributed by atoms with Crippen LogP contribution in [0.1, 0.15) is 22.5 Å². The molecule has 8 heteroatoms. The topological polar surface area (TPSA) is 85.2 Å². The van der Waals surface area contributed by atoms with E-state index in [0.29, 0.717) is 24.1 Å². The Bertz CT molecular complexity index is 749. The minimum absolute atomic E-state index is 0.0844. The van der Waals surface area contributed by atoms with Gasteiger partial charge >= 0.3 is 0 Å². The molecule has 138 valence electrons. The molecular formula is C18H24N6O2. The molecule has 2 aromatic heterocycles. The van der Waals surface area contributed by atoms with Crippen molar-refractivity contribution < 1.29 is 9.53 Å². The number of ether oxygens (including phenoxy) is 1. The Hall–Kier alpha value is -2.32. The van der Waals surface area contributed by atoms with Gasteiger partial charge in [-0.1, -0.05) is 0 Å². The summed E-state index contributed by atoms with van der Waals surface area (Å²) in [4.78, 5) is 22.6. The molecule has 4 heterocycles. The molecule has 1 N–H and O–H groups in total. The summed E-state index contributed by atoms with van der Waals surface area (Å²) in [5, 5.41) is 7.18. The number of rotatable bonds is 5. The monoisotopic (exact) mass is 356 g/mol. The summed E-state index contributed by atoms with van der Waals surface area (Å²) < 4.78 is 7.84. The van der Waals surface area contributed by atoms with Gasteiger partial charge in [-0.25, -0.2) is 4.98 Å². The maximum absolute atomic E-state index is 12.1. The molecule has 2 aromatic rings. The Labute approximate surface area is 152 Å². The van der Waals surface area contributed by atoms with Crippen molar-refractivity contribution in [2.75, 3.05) is 26.2 Å². The van der Waals surface area contributed by atoms with E-state index in [4.69, 9.17) is 4.74 Å². The highest BCUT2D eigenvalue weighted by Crippen LogP contribution is 2.34. The van der Waals surface area contributed by atoms with Crippen molar-refractivity contribution in [1.82, 2.24) is 30.0 Å². The van der Waals surface area contributed by atoms with Crippen LogP contribution in [-0.4, -0.2) is 62.9 Å². The highest BCUT2D eigenvalue weighted by atomic mass is 16.5. The molecule has 2 saturated heterocycles. The molecule has 4 rings (SSSR count). The largest absolute Gasteiger partial charge is 0.376 e. The lowest BCUT2D eigenvalue weighted by atomic mass is 9.84. The van der Waals surface area contributed by atoms with Gasteiger partial charge in [-0.2, -0.15) is 5.10 Å². The maximum atomic E-state index is 12.1. The molecule has 3 atom stereocenters. The highest BCUT2D eigenvalue weighted by Gasteiger charge is 2.40. The number of carbonyl (C=O) groups is 1. The van der Waals surface area contributed by atoms with Gasteiger partial charge in [-0.15, -0.1) is 0 Å². The quantitative estimate of drug-likeness (QED) is 0.839. The van der Waals surface area contributed by atoms with E-state index in [-0.39, 0.29) is 12.0 Å². The summed E-state index contributed by atoms with van der Waals surface area (Å²) in [6, 6.07) is 0. The zero-order valence-electron chi connectivity index (χ0n) is 14.9. The van der Waals surface area contributed by atoms with Gasteiger partial charge in [0.2, 0.25) is 0 Å². The first-order valence-corrected chi connectivity index (χ1v) is 9.05. The fraction of sp³-hybridized carbons (Fsp3) is 0.556.